The molecule has 1 aliphatic heterocycles. The van der Waals surface area contributed by atoms with Crippen LogP contribution in [0.2, 0.25) is 5.02 Å². The summed E-state index contributed by atoms with van der Waals surface area (Å²) in [6.07, 6.45) is 0.507. The summed E-state index contributed by atoms with van der Waals surface area (Å²) in [7, 11) is 0. The first-order valence-corrected chi connectivity index (χ1v) is 8.40. The Kier molecular flexibility index (Phi) is 5.75. The van der Waals surface area contributed by atoms with Crippen LogP contribution in [0.25, 0.3) is 0 Å². The number of halogens is 1. The second-order valence-corrected chi connectivity index (χ2v) is 7.02. The SMILES string of the molecule is CC1SCCN(CCC(=O)Nc2ccccc2Cl)C1C. The number of nitrogens with zero attached hydrogens (tertiary/aromatic N) is 1. The number of carbonyl (C=O) groups is 1. The molecule has 1 amide bonds. The maximum Gasteiger partial charge on any atom is 0.225 e. The van der Waals surface area contributed by atoms with E-state index >= 15 is 0 Å². The van der Waals surface area contributed by atoms with Crippen molar-refractivity contribution in [3.05, 3.63) is 29.3 Å². The molecule has 0 radical (unpaired) electrons. The number of rotatable bonds is 4. The molecule has 2 atom stereocenters. The molecule has 0 bridgehead atoms. The van der Waals surface area contributed by atoms with Gasteiger partial charge in [0.05, 0.1) is 10.7 Å². The maximum atomic E-state index is 12.0. The summed E-state index contributed by atoms with van der Waals surface area (Å²) in [6.45, 7) is 6.37. The molecule has 0 saturated carbocycles. The first-order valence-electron chi connectivity index (χ1n) is 6.98. The number of nitrogens with one attached hydrogen (secondary N) is 1. The average Bonchev–Trinajstić information content (AvgIpc) is 2.43. The van der Waals surface area contributed by atoms with Crippen LogP contribution in [-0.2, 0) is 4.79 Å². The highest BCUT2D eigenvalue weighted by molar-refractivity contribution is 8.00. The zero-order valence-electron chi connectivity index (χ0n) is 11.9. The van der Waals surface area contributed by atoms with Crippen molar-refractivity contribution in [2.45, 2.75) is 31.6 Å². The normalized spacial score (nSPS) is 23.6. The van der Waals surface area contributed by atoms with Crippen molar-refractivity contribution in [2.24, 2.45) is 0 Å². The van der Waals surface area contributed by atoms with Gasteiger partial charge in [-0.05, 0) is 19.1 Å². The van der Waals surface area contributed by atoms with Crippen molar-refractivity contribution in [2.75, 3.05) is 24.2 Å². The molecule has 1 aliphatic rings. The monoisotopic (exact) mass is 312 g/mol. The number of benzene rings is 1. The molecule has 3 nitrogen and oxygen atoms in total. The molecule has 0 aliphatic carbocycles. The Morgan fingerprint density at radius 2 is 2.20 bits per heavy atom. The molecule has 110 valence electrons. The van der Waals surface area contributed by atoms with E-state index in [2.05, 4.69) is 24.1 Å². The minimum atomic E-state index is 0.0242. The fourth-order valence-corrected chi connectivity index (χ4v) is 3.68. The van der Waals surface area contributed by atoms with Gasteiger partial charge in [0.25, 0.3) is 0 Å². The van der Waals surface area contributed by atoms with Crippen molar-refractivity contribution in [1.82, 2.24) is 4.90 Å². The minimum absolute atomic E-state index is 0.0242. The van der Waals surface area contributed by atoms with E-state index in [0.29, 0.717) is 28.4 Å². The lowest BCUT2D eigenvalue weighted by molar-refractivity contribution is -0.116. The van der Waals surface area contributed by atoms with Crippen molar-refractivity contribution < 1.29 is 4.79 Å². The molecule has 1 aromatic carbocycles. The van der Waals surface area contributed by atoms with Crippen LogP contribution in [0.5, 0.6) is 0 Å². The molecule has 2 unspecified atom stereocenters. The van der Waals surface area contributed by atoms with Gasteiger partial charge in [0.2, 0.25) is 5.91 Å². The van der Waals surface area contributed by atoms with Gasteiger partial charge in [-0.25, -0.2) is 0 Å². The van der Waals surface area contributed by atoms with E-state index in [1.54, 1.807) is 6.07 Å². The second-order valence-electron chi connectivity index (χ2n) is 5.13. The van der Waals surface area contributed by atoms with E-state index in [1.165, 1.54) is 0 Å². The average molecular weight is 313 g/mol. The zero-order chi connectivity index (χ0) is 14.5. The topological polar surface area (TPSA) is 32.3 Å². The highest BCUT2D eigenvalue weighted by Gasteiger charge is 2.25. The number of carbonyl (C=O) groups excluding carboxylic acids is 1. The van der Waals surface area contributed by atoms with Crippen LogP contribution in [0.4, 0.5) is 5.69 Å². The smallest absolute Gasteiger partial charge is 0.225 e. The van der Waals surface area contributed by atoms with E-state index in [9.17, 15) is 4.79 Å². The summed E-state index contributed by atoms with van der Waals surface area (Å²) in [6, 6.07) is 7.85. The number of hydrogen-bond donors (Lipinski definition) is 1. The van der Waals surface area contributed by atoms with Crippen LogP contribution in [0.3, 0.4) is 0 Å². The summed E-state index contributed by atoms with van der Waals surface area (Å²) in [5, 5.41) is 4.09. The molecule has 0 spiro atoms. The van der Waals surface area contributed by atoms with Crippen molar-refractivity contribution in [3.63, 3.8) is 0 Å². The highest BCUT2D eigenvalue weighted by atomic mass is 35.5. The summed E-state index contributed by atoms with van der Waals surface area (Å²) in [5.41, 5.74) is 0.690. The van der Waals surface area contributed by atoms with Gasteiger partial charge in [0.1, 0.15) is 0 Å². The third-order valence-electron chi connectivity index (χ3n) is 3.79. The van der Waals surface area contributed by atoms with E-state index in [-0.39, 0.29) is 5.91 Å². The fourth-order valence-electron chi connectivity index (χ4n) is 2.33. The highest BCUT2D eigenvalue weighted by Crippen LogP contribution is 2.24. The van der Waals surface area contributed by atoms with Crippen molar-refractivity contribution in [1.29, 1.82) is 0 Å². The van der Waals surface area contributed by atoms with Gasteiger partial charge in [-0.3, -0.25) is 9.69 Å². The van der Waals surface area contributed by atoms with Gasteiger partial charge in [0.15, 0.2) is 0 Å². The third-order valence-corrected chi connectivity index (χ3v) is 5.46. The second kappa shape index (κ2) is 7.34. The van der Waals surface area contributed by atoms with Crippen LogP contribution >= 0.6 is 23.4 Å². The Balaban J connectivity index is 1.82. The molecular formula is C15H21ClN2OS. The number of para-hydroxylation sites is 1. The van der Waals surface area contributed by atoms with Gasteiger partial charge in [-0.15, -0.1) is 0 Å². The zero-order valence-corrected chi connectivity index (χ0v) is 13.5. The molecule has 1 N–H and O–H groups in total. The van der Waals surface area contributed by atoms with Gasteiger partial charge < -0.3 is 5.32 Å². The molecule has 1 saturated heterocycles. The molecule has 2 rings (SSSR count). The number of amides is 1. The largest absolute Gasteiger partial charge is 0.325 e. The lowest BCUT2D eigenvalue weighted by Gasteiger charge is -2.37. The quantitative estimate of drug-likeness (QED) is 0.923. The van der Waals surface area contributed by atoms with Crippen LogP contribution in [0.15, 0.2) is 24.3 Å². The molecule has 20 heavy (non-hydrogen) atoms. The molecule has 0 aromatic heterocycles. The van der Waals surface area contributed by atoms with Gasteiger partial charge in [0, 0.05) is 36.6 Å². The third kappa shape index (κ3) is 4.14. The Hall–Kier alpha value is -0.710. The van der Waals surface area contributed by atoms with Crippen LogP contribution in [0.1, 0.15) is 20.3 Å². The summed E-state index contributed by atoms with van der Waals surface area (Å²) < 4.78 is 0. The van der Waals surface area contributed by atoms with Crippen LogP contribution in [-0.4, -0.2) is 40.9 Å². The molecule has 1 heterocycles. The number of thioether (sulfide) groups is 1. The standard InChI is InChI=1S/C15H21ClN2OS/c1-11-12(2)20-10-9-18(11)8-7-15(19)17-14-6-4-3-5-13(14)16/h3-6,11-12H,7-10H2,1-2H3,(H,17,19). The van der Waals surface area contributed by atoms with E-state index in [4.69, 9.17) is 11.6 Å². The van der Waals surface area contributed by atoms with Crippen LogP contribution < -0.4 is 5.32 Å². The van der Waals surface area contributed by atoms with E-state index < -0.39 is 0 Å². The number of anilines is 1. The lowest BCUT2D eigenvalue weighted by Crippen LogP contribution is -2.45. The molecule has 1 fully saturated rings. The Morgan fingerprint density at radius 3 is 2.95 bits per heavy atom. The molecule has 1 aromatic rings. The van der Waals surface area contributed by atoms with E-state index in [1.807, 2.05) is 30.0 Å². The Bertz CT molecular complexity index is 469. The summed E-state index contributed by atoms with van der Waals surface area (Å²) >= 11 is 8.04. The van der Waals surface area contributed by atoms with Crippen molar-refractivity contribution in [3.8, 4) is 0 Å². The maximum absolute atomic E-state index is 12.0. The Morgan fingerprint density at radius 1 is 1.45 bits per heavy atom. The number of hydrogen-bond acceptors (Lipinski definition) is 3. The fraction of sp³-hybridized carbons (Fsp3) is 0.533. The minimum Gasteiger partial charge on any atom is -0.325 e. The van der Waals surface area contributed by atoms with Crippen molar-refractivity contribution >= 4 is 35.0 Å². The molecule has 5 heteroatoms. The van der Waals surface area contributed by atoms with Gasteiger partial charge >= 0.3 is 0 Å². The lowest BCUT2D eigenvalue weighted by atomic mass is 10.2. The predicted molar refractivity (Wildman–Crippen MR) is 87.7 cm³/mol. The first-order chi connectivity index (χ1) is 9.58. The van der Waals surface area contributed by atoms with Gasteiger partial charge in [-0.2, -0.15) is 11.8 Å². The van der Waals surface area contributed by atoms with Crippen LogP contribution in [0, 0.1) is 0 Å². The Labute approximate surface area is 130 Å². The summed E-state index contributed by atoms with van der Waals surface area (Å²) in [5.74, 6) is 1.17. The van der Waals surface area contributed by atoms with Gasteiger partial charge in [-0.1, -0.05) is 30.7 Å². The van der Waals surface area contributed by atoms with E-state index in [0.717, 1.165) is 18.8 Å². The predicted octanol–water partition coefficient (Wildman–Crippen LogP) is 3.49. The summed E-state index contributed by atoms with van der Waals surface area (Å²) in [4.78, 5) is 14.4. The first kappa shape index (κ1) is 15.7. The molecular weight excluding hydrogens is 292 g/mol.